The van der Waals surface area contributed by atoms with Gasteiger partial charge < -0.3 is 5.32 Å². The number of alkyl halides is 6. The second kappa shape index (κ2) is 11.4. The molecule has 0 aliphatic heterocycles. The smallest absolute Gasteiger partial charge is 0.322 e. The number of halogens is 6. The first-order chi connectivity index (χ1) is 18.5. The van der Waals surface area contributed by atoms with E-state index in [1.807, 2.05) is 12.1 Å². The highest BCUT2D eigenvalue weighted by Gasteiger charge is 2.31. The average molecular weight is 538 g/mol. The Hall–Kier alpha value is -4.66. The molecule has 0 atom stereocenters. The lowest BCUT2D eigenvalue weighted by atomic mass is 9.95. The number of aromatic nitrogens is 1. The van der Waals surface area contributed by atoms with Gasteiger partial charge in [0.1, 0.15) is 0 Å². The number of nitrogens with zero attached hydrogens (tertiary/aromatic N) is 1. The quantitative estimate of drug-likeness (QED) is 0.152. The molecule has 0 aliphatic rings. The van der Waals surface area contributed by atoms with E-state index in [-0.39, 0.29) is 0 Å². The van der Waals surface area contributed by atoms with Gasteiger partial charge in [-0.25, -0.2) is 0 Å². The minimum Gasteiger partial charge on any atom is -0.322 e. The van der Waals surface area contributed by atoms with Crippen molar-refractivity contribution in [3.8, 4) is 11.1 Å². The molecule has 1 amide bonds. The highest BCUT2D eigenvalue weighted by molar-refractivity contribution is 6.02. The zero-order valence-electron chi connectivity index (χ0n) is 20.1. The third-order valence-corrected chi connectivity index (χ3v) is 5.73. The fourth-order valence-corrected chi connectivity index (χ4v) is 3.82. The Labute approximate surface area is 220 Å². The number of hydrogen-bond donors (Lipinski definition) is 1. The van der Waals surface area contributed by atoms with E-state index in [2.05, 4.69) is 10.3 Å². The van der Waals surface area contributed by atoms with Crippen molar-refractivity contribution in [2.75, 3.05) is 5.32 Å². The average Bonchev–Trinajstić information content (AvgIpc) is 2.91. The van der Waals surface area contributed by atoms with Crippen LogP contribution in [-0.4, -0.2) is 10.9 Å². The summed E-state index contributed by atoms with van der Waals surface area (Å²) in [7, 11) is 0. The molecule has 9 heteroatoms. The molecule has 0 saturated heterocycles. The highest BCUT2D eigenvalue weighted by atomic mass is 19.4. The minimum absolute atomic E-state index is 0.329. The van der Waals surface area contributed by atoms with Crippen molar-refractivity contribution in [2.24, 2.45) is 0 Å². The molecule has 198 valence electrons. The summed E-state index contributed by atoms with van der Waals surface area (Å²) < 4.78 is 78.2. The standard InChI is InChI=1S/C30H20F6N2O/c31-29(32,33)23-12-8-20(9-13-23)25(21-10-14-24(15-11-21)30(34,35)36)5-3-7-28(39)38-27-6-2-1-4-26(27)22-16-18-37-19-17-22/h1-19H,(H,38,39)/b7-3+. The first-order valence-electron chi connectivity index (χ1n) is 11.6. The van der Waals surface area contributed by atoms with Gasteiger partial charge in [0.05, 0.1) is 11.1 Å². The summed E-state index contributed by atoms with van der Waals surface area (Å²) in [4.78, 5) is 16.7. The molecular weight excluding hydrogens is 518 g/mol. The maximum atomic E-state index is 13.0. The maximum absolute atomic E-state index is 13.0. The second-order valence-electron chi connectivity index (χ2n) is 8.36. The molecule has 0 radical (unpaired) electrons. The number of nitrogens with one attached hydrogen (secondary N) is 1. The van der Waals surface area contributed by atoms with Crippen molar-refractivity contribution in [1.82, 2.24) is 4.98 Å². The summed E-state index contributed by atoms with van der Waals surface area (Å²) in [5, 5.41) is 2.79. The van der Waals surface area contributed by atoms with Gasteiger partial charge in [-0.05, 0) is 64.7 Å². The van der Waals surface area contributed by atoms with Crippen molar-refractivity contribution in [2.45, 2.75) is 12.4 Å². The van der Waals surface area contributed by atoms with Crippen LogP contribution in [0.25, 0.3) is 16.7 Å². The number of anilines is 1. The Morgan fingerprint density at radius 2 is 1.21 bits per heavy atom. The fraction of sp³-hybridized carbons (Fsp3) is 0.0667. The molecule has 0 spiro atoms. The lowest BCUT2D eigenvalue weighted by Crippen LogP contribution is -2.08. The number of rotatable bonds is 6. The number of benzene rings is 3. The third kappa shape index (κ3) is 7.01. The normalized spacial score (nSPS) is 11.8. The molecule has 0 bridgehead atoms. The first-order valence-corrected chi connectivity index (χ1v) is 11.6. The number of amides is 1. The van der Waals surface area contributed by atoms with Crippen LogP contribution in [0.5, 0.6) is 0 Å². The molecule has 0 unspecified atom stereocenters. The van der Waals surface area contributed by atoms with E-state index in [1.54, 1.807) is 36.7 Å². The van der Waals surface area contributed by atoms with Crippen molar-refractivity contribution < 1.29 is 31.1 Å². The highest BCUT2D eigenvalue weighted by Crippen LogP contribution is 2.34. The lowest BCUT2D eigenvalue weighted by molar-refractivity contribution is -0.138. The molecule has 3 aromatic carbocycles. The number of hydrogen-bond acceptors (Lipinski definition) is 2. The third-order valence-electron chi connectivity index (χ3n) is 5.73. The van der Waals surface area contributed by atoms with Gasteiger partial charge in [-0.15, -0.1) is 0 Å². The van der Waals surface area contributed by atoms with Crippen LogP contribution < -0.4 is 5.32 Å². The van der Waals surface area contributed by atoms with Crippen molar-refractivity contribution in [1.29, 1.82) is 0 Å². The van der Waals surface area contributed by atoms with Crippen LogP contribution in [0.4, 0.5) is 32.0 Å². The predicted molar refractivity (Wildman–Crippen MR) is 137 cm³/mol. The summed E-state index contributed by atoms with van der Waals surface area (Å²) >= 11 is 0. The molecule has 1 aromatic heterocycles. The molecule has 39 heavy (non-hydrogen) atoms. The Morgan fingerprint density at radius 3 is 1.72 bits per heavy atom. The lowest BCUT2D eigenvalue weighted by Gasteiger charge is -2.12. The van der Waals surface area contributed by atoms with Crippen LogP contribution in [0.15, 0.2) is 116 Å². The van der Waals surface area contributed by atoms with Crippen LogP contribution in [-0.2, 0) is 17.1 Å². The Kier molecular flexibility index (Phi) is 7.99. The molecule has 1 heterocycles. The summed E-state index contributed by atoms with van der Waals surface area (Å²) in [6.07, 6.45) is -1.76. The van der Waals surface area contributed by atoms with Gasteiger partial charge in [0.25, 0.3) is 0 Å². The van der Waals surface area contributed by atoms with Crippen LogP contribution in [0.1, 0.15) is 22.3 Å². The van der Waals surface area contributed by atoms with E-state index in [4.69, 9.17) is 0 Å². The van der Waals surface area contributed by atoms with E-state index < -0.39 is 29.4 Å². The van der Waals surface area contributed by atoms with Gasteiger partial charge in [-0.1, -0.05) is 54.6 Å². The van der Waals surface area contributed by atoms with E-state index in [1.165, 1.54) is 42.5 Å². The van der Waals surface area contributed by atoms with E-state index in [0.29, 0.717) is 22.4 Å². The number of carbonyl (C=O) groups is 1. The van der Waals surface area contributed by atoms with Gasteiger partial charge in [-0.2, -0.15) is 26.3 Å². The molecule has 0 saturated carbocycles. The summed E-state index contributed by atoms with van der Waals surface area (Å²) in [6, 6.07) is 19.2. The second-order valence-corrected chi connectivity index (χ2v) is 8.36. The number of pyridine rings is 1. The molecule has 0 fully saturated rings. The number of carbonyl (C=O) groups excluding carboxylic acids is 1. The van der Waals surface area contributed by atoms with Crippen molar-refractivity contribution in [3.63, 3.8) is 0 Å². The SMILES string of the molecule is O=C(/C=C/C=C(c1ccc(C(F)(F)F)cc1)c1ccc(C(F)(F)F)cc1)Nc1ccccc1-c1ccncc1. The van der Waals surface area contributed by atoms with E-state index >= 15 is 0 Å². The van der Waals surface area contributed by atoms with Crippen molar-refractivity contribution >= 4 is 17.2 Å². The number of para-hydroxylation sites is 1. The Morgan fingerprint density at radius 1 is 0.692 bits per heavy atom. The minimum atomic E-state index is -4.54. The molecule has 1 N–H and O–H groups in total. The van der Waals surface area contributed by atoms with Crippen LogP contribution in [0, 0.1) is 0 Å². The van der Waals surface area contributed by atoms with Crippen LogP contribution in [0.3, 0.4) is 0 Å². The van der Waals surface area contributed by atoms with Gasteiger partial charge >= 0.3 is 12.4 Å². The molecule has 0 aliphatic carbocycles. The van der Waals surface area contributed by atoms with Gasteiger partial charge in [0.15, 0.2) is 0 Å². The zero-order chi connectivity index (χ0) is 28.0. The summed E-state index contributed by atoms with van der Waals surface area (Å²) in [5.74, 6) is -0.480. The topological polar surface area (TPSA) is 42.0 Å². The zero-order valence-corrected chi connectivity index (χ0v) is 20.1. The molecule has 3 nitrogen and oxygen atoms in total. The van der Waals surface area contributed by atoms with Crippen LogP contribution >= 0.6 is 0 Å². The molecular formula is C30H20F6N2O. The fourth-order valence-electron chi connectivity index (χ4n) is 3.82. The summed E-state index contributed by atoms with van der Waals surface area (Å²) in [5.41, 5.74) is 1.43. The predicted octanol–water partition coefficient (Wildman–Crippen LogP) is 8.41. The van der Waals surface area contributed by atoms with E-state index in [0.717, 1.165) is 35.4 Å². The summed E-state index contributed by atoms with van der Waals surface area (Å²) in [6.45, 7) is 0. The van der Waals surface area contributed by atoms with Gasteiger partial charge in [-0.3, -0.25) is 9.78 Å². The Balaban J connectivity index is 1.62. The largest absolute Gasteiger partial charge is 0.416 e. The monoisotopic (exact) mass is 538 g/mol. The molecule has 4 rings (SSSR count). The van der Waals surface area contributed by atoms with Crippen LogP contribution in [0.2, 0.25) is 0 Å². The first kappa shape index (κ1) is 27.4. The van der Waals surface area contributed by atoms with E-state index in [9.17, 15) is 31.1 Å². The Bertz CT molecular complexity index is 1430. The van der Waals surface area contributed by atoms with Gasteiger partial charge in [0.2, 0.25) is 5.91 Å². The van der Waals surface area contributed by atoms with Gasteiger partial charge in [0, 0.05) is 29.7 Å². The molecule has 4 aromatic rings. The number of allylic oxidation sites excluding steroid dienone is 2. The maximum Gasteiger partial charge on any atom is 0.416 e. The van der Waals surface area contributed by atoms with Crippen molar-refractivity contribution in [3.05, 3.63) is 138 Å².